The van der Waals surface area contributed by atoms with Crippen LogP contribution in [-0.2, 0) is 0 Å². The number of methoxy groups -OCH3 is 1. The van der Waals surface area contributed by atoms with Gasteiger partial charge in [-0.2, -0.15) is 0 Å². The number of hydrogen-bond acceptors (Lipinski definition) is 3. The van der Waals surface area contributed by atoms with Crippen LogP contribution in [0.2, 0.25) is 0 Å². The van der Waals surface area contributed by atoms with Crippen LogP contribution in [0, 0.1) is 0 Å². The quantitative estimate of drug-likeness (QED) is 0.775. The van der Waals surface area contributed by atoms with Crippen molar-refractivity contribution in [3.05, 3.63) is 24.3 Å². The standard InChI is InChI=1S/C8H11NO.C8H17N.2C2H6/c1-9-7-3-5-8(10-2)6-4-7;1-4-8(2)6-5-7-9(8)3;2*1-2/h3-6,9H,1-2H3;4-7H2,1-3H3;2*1-2H3/t;8-;;/m.0../s1. The summed E-state index contributed by atoms with van der Waals surface area (Å²) in [5, 5.41) is 3.02. The summed E-state index contributed by atoms with van der Waals surface area (Å²) in [6.07, 6.45) is 4.07. The van der Waals surface area contributed by atoms with Gasteiger partial charge < -0.3 is 15.0 Å². The first-order valence-electron chi connectivity index (χ1n) is 9.09. The van der Waals surface area contributed by atoms with Gasteiger partial charge in [0.05, 0.1) is 7.11 Å². The van der Waals surface area contributed by atoms with Crippen LogP contribution in [-0.4, -0.2) is 38.2 Å². The van der Waals surface area contributed by atoms with Crippen LogP contribution in [0.4, 0.5) is 5.69 Å². The molecule has 0 saturated carbocycles. The van der Waals surface area contributed by atoms with Crippen molar-refractivity contribution < 1.29 is 4.74 Å². The van der Waals surface area contributed by atoms with Crippen molar-refractivity contribution in [2.75, 3.05) is 33.1 Å². The van der Waals surface area contributed by atoms with E-state index in [1.807, 2.05) is 59.0 Å². The Kier molecular flexibility index (Phi) is 15.0. The van der Waals surface area contributed by atoms with Gasteiger partial charge in [-0.15, -0.1) is 0 Å². The van der Waals surface area contributed by atoms with E-state index in [1.165, 1.54) is 25.8 Å². The van der Waals surface area contributed by atoms with Crippen LogP contribution in [0.1, 0.15) is 60.8 Å². The largest absolute Gasteiger partial charge is 0.497 e. The van der Waals surface area contributed by atoms with E-state index < -0.39 is 0 Å². The molecule has 2 rings (SSSR count). The molecule has 1 aliphatic heterocycles. The molecule has 0 bridgehead atoms. The number of nitrogens with zero attached hydrogens (tertiary/aromatic N) is 1. The summed E-state index contributed by atoms with van der Waals surface area (Å²) >= 11 is 0. The van der Waals surface area contributed by atoms with Gasteiger partial charge >= 0.3 is 0 Å². The molecular weight excluding hydrogens is 284 g/mol. The molecular formula is C20H40N2O. The number of hydrogen-bond donors (Lipinski definition) is 1. The molecule has 0 spiro atoms. The number of nitrogens with one attached hydrogen (secondary N) is 1. The Morgan fingerprint density at radius 3 is 1.91 bits per heavy atom. The van der Waals surface area contributed by atoms with Gasteiger partial charge in [-0.3, -0.25) is 0 Å². The molecule has 136 valence electrons. The third kappa shape index (κ3) is 8.85. The Morgan fingerprint density at radius 2 is 1.65 bits per heavy atom. The Morgan fingerprint density at radius 1 is 1.13 bits per heavy atom. The summed E-state index contributed by atoms with van der Waals surface area (Å²) in [6.45, 7) is 13.9. The topological polar surface area (TPSA) is 24.5 Å². The number of ether oxygens (including phenoxy) is 1. The second-order valence-corrected chi connectivity index (χ2v) is 5.35. The summed E-state index contributed by atoms with van der Waals surface area (Å²) < 4.78 is 4.99. The van der Waals surface area contributed by atoms with E-state index >= 15 is 0 Å². The second kappa shape index (κ2) is 14.4. The first-order chi connectivity index (χ1) is 11.1. The first kappa shape index (κ1) is 24.0. The van der Waals surface area contributed by atoms with Crippen molar-refractivity contribution in [1.29, 1.82) is 0 Å². The minimum Gasteiger partial charge on any atom is -0.497 e. The molecule has 1 fully saturated rings. The van der Waals surface area contributed by atoms with E-state index in [1.54, 1.807) is 7.11 Å². The summed E-state index contributed by atoms with van der Waals surface area (Å²) in [5.41, 5.74) is 1.63. The predicted molar refractivity (Wildman–Crippen MR) is 106 cm³/mol. The fourth-order valence-electron chi connectivity index (χ4n) is 2.36. The molecule has 1 atom stereocenters. The molecule has 1 saturated heterocycles. The Bertz CT molecular complexity index is 341. The zero-order valence-electron chi connectivity index (χ0n) is 17.0. The van der Waals surface area contributed by atoms with E-state index in [0.29, 0.717) is 5.54 Å². The van der Waals surface area contributed by atoms with Crippen molar-refractivity contribution in [3.63, 3.8) is 0 Å². The smallest absolute Gasteiger partial charge is 0.119 e. The molecule has 1 aliphatic rings. The first-order valence-corrected chi connectivity index (χ1v) is 9.09. The molecule has 23 heavy (non-hydrogen) atoms. The highest BCUT2D eigenvalue weighted by Gasteiger charge is 2.31. The highest BCUT2D eigenvalue weighted by Crippen LogP contribution is 2.29. The number of likely N-dealkylation sites (tertiary alicyclic amines) is 1. The fraction of sp³-hybridized carbons (Fsp3) is 0.700. The third-order valence-electron chi connectivity index (χ3n) is 4.27. The molecule has 0 radical (unpaired) electrons. The fourth-order valence-corrected chi connectivity index (χ4v) is 2.36. The molecule has 1 N–H and O–H groups in total. The summed E-state index contributed by atoms with van der Waals surface area (Å²) in [5.74, 6) is 0.888. The zero-order chi connectivity index (χ0) is 18.3. The Hall–Kier alpha value is -1.22. The zero-order valence-corrected chi connectivity index (χ0v) is 17.0. The SMILES string of the molecule is CC.CC.CC[C@@]1(C)CCCN1C.CNc1ccc(OC)cc1. The van der Waals surface area contributed by atoms with E-state index in [0.717, 1.165) is 11.4 Å². The van der Waals surface area contributed by atoms with Gasteiger partial charge in [0.1, 0.15) is 5.75 Å². The molecule has 0 amide bonds. The maximum atomic E-state index is 4.99. The molecule has 3 heteroatoms. The molecule has 3 nitrogen and oxygen atoms in total. The van der Waals surface area contributed by atoms with Gasteiger partial charge in [-0.1, -0.05) is 34.6 Å². The highest BCUT2D eigenvalue weighted by atomic mass is 16.5. The van der Waals surface area contributed by atoms with Gasteiger partial charge in [-0.05, 0) is 64.0 Å². The lowest BCUT2D eigenvalue weighted by molar-refractivity contribution is 0.189. The van der Waals surface area contributed by atoms with Crippen LogP contribution in [0.3, 0.4) is 0 Å². The Balaban J connectivity index is 0. The van der Waals surface area contributed by atoms with Gasteiger partial charge in [0.2, 0.25) is 0 Å². The third-order valence-corrected chi connectivity index (χ3v) is 4.27. The van der Waals surface area contributed by atoms with E-state index in [-0.39, 0.29) is 0 Å². The summed E-state index contributed by atoms with van der Waals surface area (Å²) in [6, 6.07) is 7.79. The molecule has 0 aliphatic carbocycles. The summed E-state index contributed by atoms with van der Waals surface area (Å²) in [4.78, 5) is 2.48. The van der Waals surface area contributed by atoms with Gasteiger partial charge in [0, 0.05) is 18.3 Å². The van der Waals surface area contributed by atoms with Crippen molar-refractivity contribution in [2.45, 2.75) is 66.3 Å². The number of rotatable bonds is 3. The normalized spacial score (nSPS) is 19.2. The van der Waals surface area contributed by atoms with Crippen molar-refractivity contribution in [1.82, 2.24) is 4.90 Å². The Labute approximate surface area is 145 Å². The van der Waals surface area contributed by atoms with Crippen LogP contribution in [0.25, 0.3) is 0 Å². The van der Waals surface area contributed by atoms with Gasteiger partial charge in [0.15, 0.2) is 0 Å². The lowest BCUT2D eigenvalue weighted by Crippen LogP contribution is -2.36. The second-order valence-electron chi connectivity index (χ2n) is 5.35. The molecule has 1 aromatic carbocycles. The van der Waals surface area contributed by atoms with E-state index in [9.17, 15) is 0 Å². The average molecular weight is 325 g/mol. The number of anilines is 1. The van der Waals surface area contributed by atoms with E-state index in [4.69, 9.17) is 4.74 Å². The van der Waals surface area contributed by atoms with Crippen LogP contribution in [0.15, 0.2) is 24.3 Å². The predicted octanol–water partition coefficient (Wildman–Crippen LogP) is 5.67. The highest BCUT2D eigenvalue weighted by molar-refractivity contribution is 5.45. The van der Waals surface area contributed by atoms with Gasteiger partial charge in [0.25, 0.3) is 0 Å². The van der Waals surface area contributed by atoms with Crippen LogP contribution >= 0.6 is 0 Å². The monoisotopic (exact) mass is 324 g/mol. The maximum absolute atomic E-state index is 4.99. The molecule has 1 aromatic rings. The van der Waals surface area contributed by atoms with E-state index in [2.05, 4.69) is 31.1 Å². The minimum atomic E-state index is 0.528. The van der Waals surface area contributed by atoms with Crippen LogP contribution < -0.4 is 10.1 Å². The minimum absolute atomic E-state index is 0.528. The van der Waals surface area contributed by atoms with Gasteiger partial charge in [-0.25, -0.2) is 0 Å². The number of benzene rings is 1. The molecule has 0 unspecified atom stereocenters. The van der Waals surface area contributed by atoms with Crippen molar-refractivity contribution in [2.24, 2.45) is 0 Å². The maximum Gasteiger partial charge on any atom is 0.119 e. The van der Waals surface area contributed by atoms with Crippen molar-refractivity contribution in [3.8, 4) is 5.75 Å². The molecule has 0 aromatic heterocycles. The lowest BCUT2D eigenvalue weighted by Gasteiger charge is -2.30. The van der Waals surface area contributed by atoms with Crippen LogP contribution in [0.5, 0.6) is 5.75 Å². The van der Waals surface area contributed by atoms with Crippen molar-refractivity contribution >= 4 is 5.69 Å². The average Bonchev–Trinajstić information content (AvgIpc) is 2.98. The lowest BCUT2D eigenvalue weighted by atomic mass is 9.96. The molecule has 1 heterocycles. The summed E-state index contributed by atoms with van der Waals surface area (Å²) in [7, 11) is 5.78.